The van der Waals surface area contributed by atoms with Crippen molar-refractivity contribution in [1.82, 2.24) is 10.6 Å². The minimum atomic E-state index is -0.0240. The molecule has 27 heavy (non-hydrogen) atoms. The van der Waals surface area contributed by atoms with Crippen LogP contribution >= 0.6 is 11.3 Å². The molecule has 0 saturated heterocycles. The molecule has 1 aromatic heterocycles. The van der Waals surface area contributed by atoms with E-state index in [-0.39, 0.29) is 5.91 Å². The predicted octanol–water partition coefficient (Wildman–Crippen LogP) is 4.63. The Morgan fingerprint density at radius 2 is 1.81 bits per heavy atom. The normalized spacial score (nSPS) is 18.3. The number of rotatable bonds is 7. The summed E-state index contributed by atoms with van der Waals surface area (Å²) in [7, 11) is 0. The van der Waals surface area contributed by atoms with Gasteiger partial charge in [-0.15, -0.1) is 11.3 Å². The Kier molecular flexibility index (Phi) is 5.37. The zero-order valence-corrected chi connectivity index (χ0v) is 16.3. The molecule has 0 radical (unpaired) electrons. The van der Waals surface area contributed by atoms with Crippen LogP contribution in [0.2, 0.25) is 0 Å². The molecular formula is C23H24N2OS. The smallest absolute Gasteiger partial charge is 0.251 e. The predicted molar refractivity (Wildman–Crippen MR) is 111 cm³/mol. The lowest BCUT2D eigenvalue weighted by Gasteiger charge is -2.07. The van der Waals surface area contributed by atoms with Crippen molar-refractivity contribution in [2.45, 2.75) is 38.4 Å². The van der Waals surface area contributed by atoms with Gasteiger partial charge >= 0.3 is 0 Å². The molecule has 1 saturated carbocycles. The molecule has 4 heteroatoms. The van der Waals surface area contributed by atoms with E-state index in [9.17, 15) is 4.79 Å². The van der Waals surface area contributed by atoms with Crippen molar-refractivity contribution in [2.24, 2.45) is 0 Å². The second-order valence-corrected chi connectivity index (χ2v) is 8.15. The van der Waals surface area contributed by atoms with Gasteiger partial charge < -0.3 is 10.6 Å². The fraction of sp³-hybridized carbons (Fsp3) is 0.261. The second-order valence-electron chi connectivity index (χ2n) is 7.15. The van der Waals surface area contributed by atoms with Crippen LogP contribution in [0.5, 0.6) is 0 Å². The third kappa shape index (κ3) is 4.46. The number of nitrogens with one attached hydrogen (secondary N) is 2. The Balaban J connectivity index is 1.28. The number of thiophene rings is 1. The summed E-state index contributed by atoms with van der Waals surface area (Å²) < 4.78 is 0. The van der Waals surface area contributed by atoms with Crippen LogP contribution in [0.1, 0.15) is 44.3 Å². The standard InChI is InChI=1S/C23H24N2OS/c1-16-11-12-27-22(16)15-24-21-13-20(21)18-7-9-19(10-8-18)23(26)25-14-17-5-3-2-4-6-17/h2-12,20-21,24H,13-15H2,1H3,(H,25,26)/t20-,21+/m0/s1. The average molecular weight is 377 g/mol. The van der Waals surface area contributed by atoms with E-state index in [4.69, 9.17) is 0 Å². The van der Waals surface area contributed by atoms with Crippen molar-refractivity contribution in [3.8, 4) is 0 Å². The van der Waals surface area contributed by atoms with Gasteiger partial charge in [0.1, 0.15) is 0 Å². The molecule has 4 rings (SSSR count). The summed E-state index contributed by atoms with van der Waals surface area (Å²) in [6, 6.07) is 20.8. The summed E-state index contributed by atoms with van der Waals surface area (Å²) in [5.41, 5.74) is 4.51. The zero-order valence-electron chi connectivity index (χ0n) is 15.4. The Bertz CT molecular complexity index is 902. The van der Waals surface area contributed by atoms with Crippen LogP contribution in [0.4, 0.5) is 0 Å². The molecule has 2 N–H and O–H groups in total. The zero-order chi connectivity index (χ0) is 18.6. The first-order chi connectivity index (χ1) is 13.2. The van der Waals surface area contributed by atoms with E-state index >= 15 is 0 Å². The largest absolute Gasteiger partial charge is 0.348 e. The van der Waals surface area contributed by atoms with Gasteiger partial charge in [-0.1, -0.05) is 42.5 Å². The van der Waals surface area contributed by atoms with E-state index in [1.54, 1.807) is 0 Å². The van der Waals surface area contributed by atoms with Crippen molar-refractivity contribution in [2.75, 3.05) is 0 Å². The van der Waals surface area contributed by atoms with Gasteiger partial charge in [-0.2, -0.15) is 0 Å². The topological polar surface area (TPSA) is 41.1 Å². The number of carbonyl (C=O) groups is 1. The van der Waals surface area contributed by atoms with E-state index in [0.717, 1.165) is 12.1 Å². The van der Waals surface area contributed by atoms with Crippen molar-refractivity contribution in [3.63, 3.8) is 0 Å². The van der Waals surface area contributed by atoms with E-state index in [0.29, 0.717) is 24.1 Å². The SMILES string of the molecule is Cc1ccsc1CN[C@@H]1C[C@H]1c1ccc(C(=O)NCc2ccccc2)cc1. The third-order valence-electron chi connectivity index (χ3n) is 5.18. The lowest BCUT2D eigenvalue weighted by molar-refractivity contribution is 0.0951. The van der Waals surface area contributed by atoms with E-state index in [2.05, 4.69) is 41.1 Å². The summed E-state index contributed by atoms with van der Waals surface area (Å²) in [6.07, 6.45) is 1.17. The average Bonchev–Trinajstić information content (AvgIpc) is 3.38. The lowest BCUT2D eigenvalue weighted by Crippen LogP contribution is -2.22. The molecule has 2 atom stereocenters. The fourth-order valence-corrected chi connectivity index (χ4v) is 4.22. The van der Waals surface area contributed by atoms with Crippen molar-refractivity contribution < 1.29 is 4.79 Å². The van der Waals surface area contributed by atoms with Gasteiger partial charge in [0, 0.05) is 35.5 Å². The summed E-state index contributed by atoms with van der Waals surface area (Å²) >= 11 is 1.82. The van der Waals surface area contributed by atoms with Crippen molar-refractivity contribution in [1.29, 1.82) is 0 Å². The Labute approximate surface area is 164 Å². The molecular weight excluding hydrogens is 352 g/mol. The first-order valence-electron chi connectivity index (χ1n) is 9.39. The fourth-order valence-electron chi connectivity index (χ4n) is 3.36. The van der Waals surface area contributed by atoms with E-state index in [1.165, 1.54) is 22.4 Å². The van der Waals surface area contributed by atoms with Crippen LogP contribution in [0.15, 0.2) is 66.0 Å². The number of aryl methyl sites for hydroxylation is 1. The number of benzene rings is 2. The number of carbonyl (C=O) groups excluding carboxylic acids is 1. The summed E-state index contributed by atoms with van der Waals surface area (Å²) in [5.74, 6) is 0.538. The molecule has 3 nitrogen and oxygen atoms in total. The van der Waals surface area contributed by atoms with Gasteiger partial charge in [-0.05, 0) is 53.6 Å². The molecule has 0 aliphatic heterocycles. The highest BCUT2D eigenvalue weighted by molar-refractivity contribution is 7.10. The Morgan fingerprint density at radius 3 is 2.52 bits per heavy atom. The molecule has 0 spiro atoms. The van der Waals surface area contributed by atoms with Crippen LogP contribution < -0.4 is 10.6 Å². The van der Waals surface area contributed by atoms with Gasteiger partial charge in [-0.25, -0.2) is 0 Å². The lowest BCUT2D eigenvalue weighted by atomic mass is 10.1. The maximum absolute atomic E-state index is 12.3. The highest BCUT2D eigenvalue weighted by atomic mass is 32.1. The molecule has 1 fully saturated rings. The highest BCUT2D eigenvalue weighted by Crippen LogP contribution is 2.41. The molecule has 1 heterocycles. The molecule has 1 aliphatic carbocycles. The van der Waals surface area contributed by atoms with Gasteiger partial charge in [-0.3, -0.25) is 4.79 Å². The molecule has 0 unspecified atom stereocenters. The van der Waals surface area contributed by atoms with Gasteiger partial charge in [0.05, 0.1) is 0 Å². The molecule has 0 bridgehead atoms. The van der Waals surface area contributed by atoms with Crippen LogP contribution in [0, 0.1) is 6.92 Å². The quantitative estimate of drug-likeness (QED) is 0.631. The molecule has 1 aliphatic rings. The minimum Gasteiger partial charge on any atom is -0.348 e. The van der Waals surface area contributed by atoms with Gasteiger partial charge in [0.25, 0.3) is 5.91 Å². The second kappa shape index (κ2) is 8.07. The Hall–Kier alpha value is -2.43. The summed E-state index contributed by atoms with van der Waals surface area (Å²) in [5, 5.41) is 8.79. The highest BCUT2D eigenvalue weighted by Gasteiger charge is 2.37. The monoisotopic (exact) mass is 376 g/mol. The number of hydrogen-bond acceptors (Lipinski definition) is 3. The van der Waals surface area contributed by atoms with Crippen molar-refractivity contribution in [3.05, 3.63) is 93.2 Å². The first kappa shape index (κ1) is 18.0. The molecule has 3 aromatic rings. The number of hydrogen-bond donors (Lipinski definition) is 2. The summed E-state index contributed by atoms with van der Waals surface area (Å²) in [4.78, 5) is 13.7. The Morgan fingerprint density at radius 1 is 1.04 bits per heavy atom. The first-order valence-corrected chi connectivity index (χ1v) is 10.3. The van der Waals surface area contributed by atoms with Crippen molar-refractivity contribution >= 4 is 17.2 Å². The van der Waals surface area contributed by atoms with Crippen LogP contribution in [-0.2, 0) is 13.1 Å². The summed E-state index contributed by atoms with van der Waals surface area (Å²) in [6.45, 7) is 3.67. The minimum absolute atomic E-state index is 0.0240. The third-order valence-corrected chi connectivity index (χ3v) is 6.20. The molecule has 2 aromatic carbocycles. The maximum Gasteiger partial charge on any atom is 0.251 e. The van der Waals surface area contributed by atoms with Crippen LogP contribution in [-0.4, -0.2) is 11.9 Å². The van der Waals surface area contributed by atoms with Gasteiger partial charge in [0.15, 0.2) is 0 Å². The molecule has 138 valence electrons. The molecule has 1 amide bonds. The van der Waals surface area contributed by atoms with E-state index < -0.39 is 0 Å². The van der Waals surface area contributed by atoms with Gasteiger partial charge in [0.2, 0.25) is 0 Å². The number of amides is 1. The maximum atomic E-state index is 12.3. The van der Waals surface area contributed by atoms with Crippen LogP contribution in [0.25, 0.3) is 0 Å². The van der Waals surface area contributed by atoms with E-state index in [1.807, 2.05) is 53.8 Å². The van der Waals surface area contributed by atoms with Crippen LogP contribution in [0.3, 0.4) is 0 Å².